The number of imide groups is 2. The Hall–Kier alpha value is -5.66. The number of thiophene rings is 1. The molecule has 2 aliphatic carbocycles. The summed E-state index contributed by atoms with van der Waals surface area (Å²) in [5.74, 6) is -11.0. The minimum Gasteiger partial charge on any atom is -0.508 e. The number of phenols is 1. The number of pyridine rings is 1. The van der Waals surface area contributed by atoms with Crippen molar-refractivity contribution < 1.29 is 55.4 Å². The molecule has 3 fully saturated rings. The number of aryl methyl sites for hydroxylation is 2. The topological polar surface area (TPSA) is 138 Å². The van der Waals surface area contributed by atoms with Gasteiger partial charge in [-0.3, -0.25) is 28.9 Å². The zero-order valence-electron chi connectivity index (χ0n) is 33.2. The molecule has 5 heterocycles. The molecule has 63 heavy (non-hydrogen) atoms. The molecule has 3 aromatic heterocycles. The molecule has 0 spiro atoms. The number of aromatic nitrogens is 3. The highest BCUT2D eigenvalue weighted by Crippen LogP contribution is 2.65. The average molecular weight is 934 g/mol. The number of phenolic OH excluding ortho intramolecular Hbond substituents is 1. The van der Waals surface area contributed by atoms with Gasteiger partial charge in [0.15, 0.2) is 5.82 Å². The predicted molar refractivity (Wildman–Crippen MR) is 218 cm³/mol. The van der Waals surface area contributed by atoms with E-state index in [0.717, 1.165) is 61.7 Å². The first-order valence-electron chi connectivity index (χ1n) is 19.3. The van der Waals surface area contributed by atoms with Crippen molar-refractivity contribution in [2.75, 3.05) is 17.0 Å². The Morgan fingerprint density at radius 1 is 0.952 bits per heavy atom. The molecule has 2 saturated heterocycles. The maximum Gasteiger partial charge on any atom is 0.573 e. The number of fused-ring (bicyclic) bond motifs is 5. The molecule has 0 radical (unpaired) electrons. The normalized spacial score (nSPS) is 24.8. The van der Waals surface area contributed by atoms with E-state index < -0.39 is 94.2 Å². The van der Waals surface area contributed by atoms with Gasteiger partial charge in [0.1, 0.15) is 28.7 Å². The van der Waals surface area contributed by atoms with Crippen LogP contribution in [0.2, 0.25) is 10.0 Å². The number of allylic oxidation sites excluding steroid dienone is 2. The first-order chi connectivity index (χ1) is 29.5. The summed E-state index contributed by atoms with van der Waals surface area (Å²) in [6, 6.07) is 11.3. The van der Waals surface area contributed by atoms with Gasteiger partial charge in [-0.2, -0.15) is 23.3 Å². The molecule has 0 unspecified atom stereocenters. The van der Waals surface area contributed by atoms with E-state index in [4.69, 9.17) is 23.2 Å². The smallest absolute Gasteiger partial charge is 0.508 e. The van der Waals surface area contributed by atoms with Crippen LogP contribution in [0.1, 0.15) is 42.5 Å². The Labute approximate surface area is 367 Å². The minimum absolute atomic E-state index is 0.0721. The van der Waals surface area contributed by atoms with Gasteiger partial charge in [0, 0.05) is 41.4 Å². The number of hydrogen-bond donors (Lipinski definition) is 1. The Bertz CT molecular complexity index is 2860. The Balaban J connectivity index is 1.15. The van der Waals surface area contributed by atoms with E-state index in [9.17, 15) is 45.8 Å². The Morgan fingerprint density at radius 2 is 1.68 bits per heavy atom. The van der Waals surface area contributed by atoms with E-state index in [1.807, 2.05) is 19.1 Å². The first kappa shape index (κ1) is 42.6. The lowest BCUT2D eigenvalue weighted by Gasteiger charge is -2.49. The highest BCUT2D eigenvalue weighted by Gasteiger charge is 2.68. The van der Waals surface area contributed by atoms with Crippen molar-refractivity contribution in [3.8, 4) is 22.1 Å². The molecule has 1 saturated carbocycles. The van der Waals surface area contributed by atoms with E-state index >= 15 is 4.79 Å². The standard InChI is InChI=1S/C42H32Cl2F6N6O6S/c1-17-22-13-18(43)5-11-29(22)63-34(17)27-16-31(53(3)52-27)55-37(59)25-15-23-20(33(40(25,2)39(55)61)24-14-19(6-10-28(24)57)62-42(48,49)50)7-8-21-32(23)38(60)56(36(21)58)54(4)35-26(44)9-12-30(51-35)41(45,46)47/h5-7,9-14,16,21,23,25,32-33,57H,8,15H2,1-4H3/t21-,23+,25-,32-,33+,40+/m0/s1. The van der Waals surface area contributed by atoms with Crippen molar-refractivity contribution in [3.05, 3.63) is 93.1 Å². The summed E-state index contributed by atoms with van der Waals surface area (Å²) < 4.78 is 88.4. The fourth-order valence-electron chi connectivity index (χ4n) is 9.94. The van der Waals surface area contributed by atoms with Gasteiger partial charge in [0.25, 0.3) is 11.8 Å². The number of hydrazine groups is 1. The maximum absolute atomic E-state index is 15.2. The molecule has 5 aromatic rings. The summed E-state index contributed by atoms with van der Waals surface area (Å²) in [5, 5.41) is 18.7. The van der Waals surface area contributed by atoms with Crippen LogP contribution in [-0.4, -0.2) is 61.9 Å². The second-order valence-electron chi connectivity index (χ2n) is 16.1. The summed E-state index contributed by atoms with van der Waals surface area (Å²) >= 11 is 14.0. The van der Waals surface area contributed by atoms with Crippen molar-refractivity contribution in [1.82, 2.24) is 19.8 Å². The van der Waals surface area contributed by atoms with Gasteiger partial charge in [-0.25, -0.2) is 9.88 Å². The highest BCUT2D eigenvalue weighted by atomic mass is 35.5. The van der Waals surface area contributed by atoms with E-state index in [-0.39, 0.29) is 29.2 Å². The van der Waals surface area contributed by atoms with Crippen molar-refractivity contribution in [2.45, 2.75) is 45.1 Å². The van der Waals surface area contributed by atoms with Crippen LogP contribution in [0.4, 0.5) is 38.0 Å². The fraction of sp³-hybridized carbons (Fsp3) is 0.333. The Morgan fingerprint density at radius 3 is 2.38 bits per heavy atom. The number of ether oxygens (including phenoxy) is 1. The van der Waals surface area contributed by atoms with Crippen LogP contribution in [0.25, 0.3) is 20.7 Å². The molecule has 9 rings (SSSR count). The van der Waals surface area contributed by atoms with Crippen LogP contribution in [0, 0.1) is 36.0 Å². The van der Waals surface area contributed by atoms with Crippen LogP contribution in [0.5, 0.6) is 11.5 Å². The monoisotopic (exact) mass is 932 g/mol. The number of carbonyl (C=O) groups is 4. The van der Waals surface area contributed by atoms with Gasteiger partial charge in [0.2, 0.25) is 11.8 Å². The third-order valence-electron chi connectivity index (χ3n) is 12.7. The van der Waals surface area contributed by atoms with Crippen LogP contribution in [0.3, 0.4) is 0 Å². The van der Waals surface area contributed by atoms with E-state index in [1.165, 1.54) is 30.0 Å². The van der Waals surface area contributed by atoms with Crippen LogP contribution in [0.15, 0.2) is 66.2 Å². The molecule has 0 bridgehead atoms. The number of carbonyl (C=O) groups excluding carboxylic acids is 4. The summed E-state index contributed by atoms with van der Waals surface area (Å²) in [6.07, 6.45) is -8.82. The molecule has 2 aromatic carbocycles. The molecule has 12 nitrogen and oxygen atoms in total. The van der Waals surface area contributed by atoms with E-state index in [1.54, 1.807) is 18.2 Å². The third-order valence-corrected chi connectivity index (χ3v) is 14.6. The number of amides is 4. The van der Waals surface area contributed by atoms with Crippen LogP contribution < -0.4 is 14.6 Å². The number of aromatic hydroxyl groups is 1. The van der Waals surface area contributed by atoms with Crippen molar-refractivity contribution in [2.24, 2.45) is 36.1 Å². The molecule has 6 atom stereocenters. The zero-order chi connectivity index (χ0) is 45.4. The van der Waals surface area contributed by atoms with E-state index in [0.29, 0.717) is 27.4 Å². The van der Waals surface area contributed by atoms with Gasteiger partial charge in [-0.1, -0.05) is 34.9 Å². The molecule has 4 amide bonds. The van der Waals surface area contributed by atoms with Crippen molar-refractivity contribution >= 4 is 79.9 Å². The van der Waals surface area contributed by atoms with Crippen molar-refractivity contribution in [1.29, 1.82) is 0 Å². The van der Waals surface area contributed by atoms with Crippen LogP contribution in [-0.2, 0) is 32.4 Å². The quantitative estimate of drug-likeness (QED) is 0.100. The average Bonchev–Trinajstić information content (AvgIpc) is 3.87. The second-order valence-corrected chi connectivity index (χ2v) is 18.0. The third kappa shape index (κ3) is 6.55. The predicted octanol–water partition coefficient (Wildman–Crippen LogP) is 9.22. The number of halogens is 8. The number of rotatable bonds is 6. The van der Waals surface area contributed by atoms with Gasteiger partial charge in [-0.05, 0) is 92.1 Å². The second kappa shape index (κ2) is 14.4. The fourth-order valence-corrected chi connectivity index (χ4v) is 11.5. The van der Waals surface area contributed by atoms with Gasteiger partial charge in [0.05, 0.1) is 33.1 Å². The summed E-state index contributed by atoms with van der Waals surface area (Å²) in [5.41, 5.74) is -1.78. The molecule has 2 aliphatic heterocycles. The summed E-state index contributed by atoms with van der Waals surface area (Å²) in [6.45, 7) is 3.36. The highest BCUT2D eigenvalue weighted by molar-refractivity contribution is 7.22. The van der Waals surface area contributed by atoms with Gasteiger partial charge >= 0.3 is 12.5 Å². The summed E-state index contributed by atoms with van der Waals surface area (Å²) in [7, 11) is 2.69. The minimum atomic E-state index is -5.15. The molecule has 1 N–H and O–H groups in total. The largest absolute Gasteiger partial charge is 0.573 e. The molecule has 328 valence electrons. The zero-order valence-corrected chi connectivity index (χ0v) is 35.5. The maximum atomic E-state index is 15.2. The lowest BCUT2D eigenvalue weighted by molar-refractivity contribution is -0.274. The van der Waals surface area contributed by atoms with Gasteiger partial charge in [-0.15, -0.1) is 24.5 Å². The van der Waals surface area contributed by atoms with E-state index in [2.05, 4.69) is 14.8 Å². The Kier molecular flexibility index (Phi) is 9.77. The number of benzene rings is 2. The molecular formula is C42H32Cl2F6N6O6S. The lowest BCUT2D eigenvalue weighted by atomic mass is 9.51. The number of alkyl halides is 6. The molecule has 21 heteroatoms. The first-order valence-corrected chi connectivity index (χ1v) is 20.8. The van der Waals surface area contributed by atoms with Gasteiger partial charge < -0.3 is 9.84 Å². The SMILES string of the molecule is Cc1c(-c2cc(N3C(=O)[C@@H]4C[C@@H]5C(=CC[C@@H]6C(=O)N(N(C)c7nc(C(F)(F)F)ccc7Cl)C(=O)[C@@H]65)[C@H](c5cc(OC(F)(F)F)ccc5O)[C@]4(C)C3=O)n(C)n2)sc2ccc(Cl)cc12. The molecule has 4 aliphatic rings. The number of nitrogens with zero attached hydrogens (tertiary/aromatic N) is 6. The lowest BCUT2D eigenvalue weighted by Crippen LogP contribution is -2.49. The van der Waals surface area contributed by atoms with Crippen molar-refractivity contribution in [3.63, 3.8) is 0 Å². The number of hydrogen-bond acceptors (Lipinski definition) is 10. The van der Waals surface area contributed by atoms with Crippen LogP contribution >= 0.6 is 34.5 Å². The summed E-state index contributed by atoms with van der Waals surface area (Å²) in [4.78, 5) is 64.2. The number of anilines is 2. The molecular weight excluding hydrogens is 901 g/mol.